The van der Waals surface area contributed by atoms with Gasteiger partial charge in [-0.15, -0.1) is 5.56 Å². The third kappa shape index (κ3) is 10.2. The van der Waals surface area contributed by atoms with Crippen molar-refractivity contribution in [2.24, 2.45) is 0 Å². The number of hydrogen-bond donors (Lipinski definition) is 0. The van der Waals surface area contributed by atoms with E-state index in [0.29, 0.717) is 0 Å². The van der Waals surface area contributed by atoms with Crippen LogP contribution >= 0.6 is 0 Å². The summed E-state index contributed by atoms with van der Waals surface area (Å²) in [6.07, 6.45) is 7.66. The van der Waals surface area contributed by atoms with Crippen molar-refractivity contribution in [3.63, 3.8) is 0 Å². The van der Waals surface area contributed by atoms with E-state index >= 15 is 0 Å². The molecule has 58 heavy (non-hydrogen) atoms. The Morgan fingerprint density at radius 2 is 0.517 bits per heavy atom. The summed E-state index contributed by atoms with van der Waals surface area (Å²) in [6, 6.07) is 72.9. The van der Waals surface area contributed by atoms with Crippen LogP contribution in [-0.4, -0.2) is 6.61 Å². The Labute approximate surface area is 357 Å². The first-order valence-electron chi connectivity index (χ1n) is 20.5. The quantitative estimate of drug-likeness (QED) is 0.0577. The minimum atomic E-state index is 0. The molecular formula is C56H49LiO. The molecule has 280 valence electrons. The third-order valence-corrected chi connectivity index (χ3v) is 11.0. The van der Waals surface area contributed by atoms with E-state index in [-0.39, 0.29) is 18.9 Å². The molecule has 0 aliphatic carbocycles. The van der Waals surface area contributed by atoms with Gasteiger partial charge in [-0.05, 0) is 90.9 Å². The summed E-state index contributed by atoms with van der Waals surface area (Å²) < 4.78 is 5.99. The van der Waals surface area contributed by atoms with Crippen molar-refractivity contribution < 1.29 is 23.6 Å². The Morgan fingerprint density at radius 3 is 0.793 bits per heavy atom. The molecule has 0 fully saturated rings. The first-order chi connectivity index (χ1) is 28.2. The van der Waals surface area contributed by atoms with Gasteiger partial charge in [0.15, 0.2) is 0 Å². The van der Waals surface area contributed by atoms with Crippen molar-refractivity contribution in [1.82, 2.24) is 0 Å². The minimum Gasteiger partial charge on any atom is -0.494 e. The van der Waals surface area contributed by atoms with Crippen LogP contribution in [0.1, 0.15) is 45.4 Å². The summed E-state index contributed by atoms with van der Waals surface area (Å²) in [6.45, 7) is 3.05. The van der Waals surface area contributed by atoms with E-state index in [4.69, 9.17) is 4.74 Å². The molecule has 0 heterocycles. The van der Waals surface area contributed by atoms with Gasteiger partial charge in [-0.25, -0.2) is 0 Å². The van der Waals surface area contributed by atoms with Gasteiger partial charge >= 0.3 is 18.9 Å². The van der Waals surface area contributed by atoms with Gasteiger partial charge in [0.05, 0.1) is 6.61 Å². The molecule has 8 aromatic rings. The van der Waals surface area contributed by atoms with Crippen LogP contribution in [0.3, 0.4) is 0 Å². The van der Waals surface area contributed by atoms with Gasteiger partial charge in [0.1, 0.15) is 5.75 Å². The largest absolute Gasteiger partial charge is 1.00 e. The number of rotatable bonds is 15. The summed E-state index contributed by atoms with van der Waals surface area (Å²) in [7, 11) is 0. The molecule has 0 aliphatic rings. The monoisotopic (exact) mass is 744 g/mol. The van der Waals surface area contributed by atoms with Gasteiger partial charge in [-0.2, -0.15) is 30.3 Å². The van der Waals surface area contributed by atoms with Gasteiger partial charge in [-0.3, -0.25) is 0 Å². The van der Waals surface area contributed by atoms with Crippen LogP contribution in [0.25, 0.3) is 77.9 Å². The first kappa shape index (κ1) is 40.4. The fourth-order valence-electron chi connectivity index (χ4n) is 7.53. The van der Waals surface area contributed by atoms with E-state index < -0.39 is 0 Å². The van der Waals surface area contributed by atoms with Gasteiger partial charge in [0.25, 0.3) is 0 Å². The van der Waals surface area contributed by atoms with Crippen LogP contribution in [-0.2, 0) is 0 Å². The molecule has 0 aliphatic heterocycles. The van der Waals surface area contributed by atoms with E-state index in [1.54, 1.807) is 0 Å². The zero-order valence-corrected chi connectivity index (χ0v) is 33.8. The number of unbranched alkanes of at least 4 members (excludes halogenated alkanes) is 5. The average molecular weight is 745 g/mol. The molecule has 0 saturated heterocycles. The van der Waals surface area contributed by atoms with Crippen molar-refractivity contribution in [3.05, 3.63) is 200 Å². The van der Waals surface area contributed by atoms with Crippen molar-refractivity contribution in [3.8, 4) is 83.6 Å². The molecule has 0 N–H and O–H groups in total. The predicted octanol–water partition coefficient (Wildman–Crippen LogP) is 12.9. The minimum absolute atomic E-state index is 0. The Balaban J connectivity index is 0.00000512. The van der Waals surface area contributed by atoms with Crippen LogP contribution in [0.4, 0.5) is 0 Å². The molecule has 0 spiro atoms. The molecular weight excluding hydrogens is 696 g/mol. The molecule has 0 saturated carbocycles. The summed E-state index contributed by atoms with van der Waals surface area (Å²) in [5.41, 5.74) is 17.0. The van der Waals surface area contributed by atoms with Crippen LogP contribution in [0.5, 0.6) is 5.75 Å². The van der Waals surface area contributed by atoms with E-state index in [2.05, 4.69) is 195 Å². The van der Waals surface area contributed by atoms with E-state index in [1.165, 1.54) is 110 Å². The number of ether oxygens (including phenoxy) is 1. The molecule has 0 atom stereocenters. The second-order valence-corrected chi connectivity index (χ2v) is 14.9. The maximum absolute atomic E-state index is 5.99. The van der Waals surface area contributed by atoms with Crippen molar-refractivity contribution >= 4 is 0 Å². The van der Waals surface area contributed by atoms with Gasteiger partial charge in [-0.1, -0.05) is 197 Å². The SMILES string of the molecule is CCCCCCCCOc1ccc(-c2ccc(-c3ccc(-c4ccc(-c5ccc(-c6ccc(-c7ccc(-c8cc[c-]cc8)cc7)cc6)cc5)cc4)cc3)cc2)cc1.[Li+]. The Bertz CT molecular complexity index is 2430. The van der Waals surface area contributed by atoms with Crippen LogP contribution in [0, 0.1) is 6.07 Å². The van der Waals surface area contributed by atoms with Crippen molar-refractivity contribution in [1.29, 1.82) is 0 Å². The summed E-state index contributed by atoms with van der Waals surface area (Å²) in [4.78, 5) is 0. The standard InChI is InChI=1S/C56H49O.Li/c1-2-3-4-5-6-10-41-57-56-39-37-55(38-40-56)54-35-33-53(34-36-54)52-31-29-51(30-32-52)50-27-25-49(26-28-50)48-23-21-47(22-24-48)46-19-17-45(18-20-46)44-15-13-43(14-16-44)42-11-8-7-9-12-42;/h8-9,11-40H,2-6,10,41H2,1H3;/q-1;+1. The summed E-state index contributed by atoms with van der Waals surface area (Å²) in [5, 5.41) is 0. The fraction of sp³-hybridized carbons (Fsp3) is 0.143. The van der Waals surface area contributed by atoms with E-state index in [0.717, 1.165) is 18.8 Å². The Kier molecular flexibility index (Phi) is 13.9. The number of benzene rings is 8. The molecule has 0 unspecified atom stereocenters. The molecule has 2 heteroatoms. The topological polar surface area (TPSA) is 9.23 Å². The van der Waals surface area contributed by atoms with E-state index in [9.17, 15) is 0 Å². The molecule has 0 aromatic heterocycles. The Hall–Kier alpha value is -5.84. The van der Waals surface area contributed by atoms with Crippen LogP contribution < -0.4 is 23.6 Å². The third-order valence-electron chi connectivity index (χ3n) is 11.0. The van der Waals surface area contributed by atoms with Crippen molar-refractivity contribution in [2.45, 2.75) is 45.4 Å². The predicted molar refractivity (Wildman–Crippen MR) is 242 cm³/mol. The second-order valence-electron chi connectivity index (χ2n) is 14.9. The summed E-state index contributed by atoms with van der Waals surface area (Å²) in [5.74, 6) is 0.951. The molecule has 0 radical (unpaired) electrons. The molecule has 0 bridgehead atoms. The Morgan fingerprint density at radius 1 is 0.293 bits per heavy atom. The fourth-order valence-corrected chi connectivity index (χ4v) is 7.53. The molecule has 8 aromatic carbocycles. The number of hydrogen-bond acceptors (Lipinski definition) is 1. The van der Waals surface area contributed by atoms with E-state index in [1.807, 2.05) is 12.1 Å². The van der Waals surface area contributed by atoms with Crippen LogP contribution in [0.15, 0.2) is 194 Å². The van der Waals surface area contributed by atoms with Gasteiger partial charge in [0, 0.05) is 0 Å². The zero-order valence-electron chi connectivity index (χ0n) is 33.8. The van der Waals surface area contributed by atoms with Crippen LogP contribution in [0.2, 0.25) is 0 Å². The normalized spacial score (nSPS) is 10.8. The molecule has 8 rings (SSSR count). The first-order valence-corrected chi connectivity index (χ1v) is 20.5. The van der Waals surface area contributed by atoms with Gasteiger partial charge < -0.3 is 4.74 Å². The molecule has 1 nitrogen and oxygen atoms in total. The molecule has 0 amide bonds. The van der Waals surface area contributed by atoms with Gasteiger partial charge in [0.2, 0.25) is 0 Å². The maximum Gasteiger partial charge on any atom is 1.00 e. The maximum atomic E-state index is 5.99. The average Bonchev–Trinajstić information content (AvgIpc) is 3.30. The zero-order chi connectivity index (χ0) is 38.7. The summed E-state index contributed by atoms with van der Waals surface area (Å²) >= 11 is 0. The smallest absolute Gasteiger partial charge is 0.494 e. The second kappa shape index (κ2) is 20.0. The van der Waals surface area contributed by atoms with Crippen molar-refractivity contribution in [2.75, 3.05) is 6.61 Å².